The summed E-state index contributed by atoms with van der Waals surface area (Å²) < 4.78 is 30.6. The molecule has 4 rings (SSSR count). The van der Waals surface area contributed by atoms with E-state index >= 15 is 0 Å². The van der Waals surface area contributed by atoms with Gasteiger partial charge in [-0.25, -0.2) is 0 Å². The van der Waals surface area contributed by atoms with Crippen LogP contribution in [-0.4, -0.2) is 70.4 Å². The molecule has 0 unspecified atom stereocenters. The van der Waals surface area contributed by atoms with E-state index < -0.39 is 65.7 Å². The zero-order valence-electron chi connectivity index (χ0n) is 25.9. The monoisotopic (exact) mass is 592 g/mol. The van der Waals surface area contributed by atoms with Gasteiger partial charge in [0, 0.05) is 30.8 Å². The second-order valence-corrected chi connectivity index (χ2v) is 13.4. The zero-order chi connectivity index (χ0) is 31.0. The second kappa shape index (κ2) is 12.4. The van der Waals surface area contributed by atoms with Gasteiger partial charge in [0.1, 0.15) is 18.0 Å². The average molecular weight is 593 g/mol. The summed E-state index contributed by atoms with van der Waals surface area (Å²) >= 11 is 0. The van der Waals surface area contributed by atoms with Gasteiger partial charge in [-0.15, -0.1) is 0 Å². The predicted octanol–water partition coefficient (Wildman–Crippen LogP) is 4.39. The van der Waals surface area contributed by atoms with Gasteiger partial charge in [0.05, 0.1) is 31.2 Å². The molecular formula is C32H48O10. The number of carbonyl (C=O) groups is 2. The minimum atomic E-state index is -1.88. The average Bonchev–Trinajstić information content (AvgIpc) is 2.88. The van der Waals surface area contributed by atoms with Crippen LogP contribution in [0.15, 0.2) is 24.3 Å². The zero-order valence-corrected chi connectivity index (χ0v) is 25.9. The molecule has 3 heterocycles. The van der Waals surface area contributed by atoms with Gasteiger partial charge in [0.15, 0.2) is 11.6 Å². The van der Waals surface area contributed by atoms with E-state index in [-0.39, 0.29) is 36.5 Å². The summed E-state index contributed by atoms with van der Waals surface area (Å²) in [6.45, 7) is 11.3. The summed E-state index contributed by atoms with van der Waals surface area (Å²) in [5, 5.41) is 32.0. The topological polar surface area (TPSA) is 141 Å². The van der Waals surface area contributed by atoms with E-state index in [0.29, 0.717) is 19.3 Å². The quantitative estimate of drug-likeness (QED) is 0.391. The molecule has 3 fully saturated rings. The largest absolute Gasteiger partial charge is 0.508 e. The first-order valence-electron chi connectivity index (χ1n) is 15.1. The lowest BCUT2D eigenvalue weighted by atomic mass is 9.66. The van der Waals surface area contributed by atoms with Crippen molar-refractivity contribution in [3.05, 3.63) is 29.8 Å². The SMILES string of the molecule is CO[C@@H](CC[C@H](C)[C@@H]1O[C@@]23C[C@H](OC(=O)C[C@H]([C@@H](C)O)OC(=O)C[C@](O)(O2)[C@H](C)CC3(C)C)[C@H]1C)c1cccc(O)c1. The molecule has 10 nitrogen and oxygen atoms in total. The van der Waals surface area contributed by atoms with Crippen molar-refractivity contribution in [2.45, 2.75) is 122 Å². The number of fused-ring (bicyclic) bond motifs is 2. The first kappa shape index (κ1) is 32.7. The van der Waals surface area contributed by atoms with Gasteiger partial charge in [-0.1, -0.05) is 46.8 Å². The first-order valence-corrected chi connectivity index (χ1v) is 15.1. The van der Waals surface area contributed by atoms with Crippen LogP contribution in [0.25, 0.3) is 0 Å². The number of phenolic OH excluding ortho intramolecular Hbond substituents is 1. The van der Waals surface area contributed by atoms with Crippen LogP contribution in [0, 0.1) is 23.2 Å². The summed E-state index contributed by atoms with van der Waals surface area (Å²) in [6.07, 6.45) is -2.25. The molecule has 1 spiro atoms. The number of rotatable bonds is 7. The van der Waals surface area contributed by atoms with Crippen molar-refractivity contribution in [2.24, 2.45) is 23.2 Å². The van der Waals surface area contributed by atoms with Gasteiger partial charge in [-0.05, 0) is 49.8 Å². The number of esters is 2. The third kappa shape index (κ3) is 6.63. The van der Waals surface area contributed by atoms with E-state index in [0.717, 1.165) is 5.56 Å². The van der Waals surface area contributed by atoms with Crippen molar-refractivity contribution >= 4 is 11.9 Å². The van der Waals surface area contributed by atoms with Crippen molar-refractivity contribution in [2.75, 3.05) is 7.11 Å². The normalized spacial score (nSPS) is 37.3. The number of ether oxygens (including phenoxy) is 5. The molecule has 3 aliphatic rings. The Morgan fingerprint density at radius 1 is 1.07 bits per heavy atom. The molecular weight excluding hydrogens is 544 g/mol. The smallest absolute Gasteiger partial charge is 0.311 e. The number of aromatic hydroxyl groups is 1. The first-order chi connectivity index (χ1) is 19.6. The van der Waals surface area contributed by atoms with Crippen LogP contribution in [0.5, 0.6) is 5.75 Å². The molecule has 3 aliphatic heterocycles. The van der Waals surface area contributed by atoms with Gasteiger partial charge >= 0.3 is 11.9 Å². The van der Waals surface area contributed by atoms with Gasteiger partial charge < -0.3 is 39.0 Å². The highest BCUT2D eigenvalue weighted by Gasteiger charge is 2.64. The molecule has 3 bridgehead atoms. The Balaban J connectivity index is 1.66. The Hall–Kier alpha value is -2.24. The third-order valence-corrected chi connectivity index (χ3v) is 9.70. The lowest BCUT2D eigenvalue weighted by Gasteiger charge is -2.61. The number of cyclic esters (lactones) is 1. The Kier molecular flexibility index (Phi) is 9.65. The molecule has 3 N–H and O–H groups in total. The number of benzene rings is 1. The molecule has 10 atom stereocenters. The fourth-order valence-corrected chi connectivity index (χ4v) is 6.97. The molecule has 42 heavy (non-hydrogen) atoms. The molecule has 0 saturated carbocycles. The number of aliphatic hydroxyl groups is 2. The van der Waals surface area contributed by atoms with Crippen molar-refractivity contribution in [1.29, 1.82) is 0 Å². The Labute approximate surface area is 248 Å². The van der Waals surface area contributed by atoms with E-state index in [1.54, 1.807) is 25.3 Å². The van der Waals surface area contributed by atoms with Gasteiger partial charge in [-0.2, -0.15) is 0 Å². The van der Waals surface area contributed by atoms with E-state index in [1.165, 1.54) is 6.92 Å². The Morgan fingerprint density at radius 3 is 2.43 bits per heavy atom. The fraction of sp³-hybridized carbons (Fsp3) is 0.750. The number of aliphatic hydroxyl groups excluding tert-OH is 1. The lowest BCUT2D eigenvalue weighted by Crippen LogP contribution is -2.68. The summed E-state index contributed by atoms with van der Waals surface area (Å²) in [6, 6.07) is 7.01. The predicted molar refractivity (Wildman–Crippen MR) is 152 cm³/mol. The van der Waals surface area contributed by atoms with E-state index in [1.807, 2.05) is 33.8 Å². The number of carbonyl (C=O) groups excluding carboxylic acids is 2. The van der Waals surface area contributed by atoms with Crippen LogP contribution in [0.1, 0.15) is 91.7 Å². The van der Waals surface area contributed by atoms with Crippen LogP contribution in [0.2, 0.25) is 0 Å². The van der Waals surface area contributed by atoms with Crippen molar-refractivity contribution in [1.82, 2.24) is 0 Å². The molecule has 3 saturated heterocycles. The van der Waals surface area contributed by atoms with Crippen molar-refractivity contribution in [3.63, 3.8) is 0 Å². The molecule has 236 valence electrons. The number of hydrogen-bond donors (Lipinski definition) is 3. The summed E-state index contributed by atoms with van der Waals surface area (Å²) in [7, 11) is 1.64. The van der Waals surface area contributed by atoms with Gasteiger partial charge in [-0.3, -0.25) is 9.59 Å². The molecule has 1 aromatic rings. The van der Waals surface area contributed by atoms with Crippen molar-refractivity contribution < 1.29 is 48.6 Å². The summed E-state index contributed by atoms with van der Waals surface area (Å²) in [5.41, 5.74) is 0.268. The van der Waals surface area contributed by atoms with Crippen LogP contribution in [0.3, 0.4) is 0 Å². The van der Waals surface area contributed by atoms with Gasteiger partial charge in [0.2, 0.25) is 0 Å². The Morgan fingerprint density at radius 2 is 1.79 bits per heavy atom. The minimum absolute atomic E-state index is 0.0386. The maximum Gasteiger partial charge on any atom is 0.311 e. The molecule has 1 aromatic carbocycles. The highest BCUT2D eigenvalue weighted by molar-refractivity contribution is 5.73. The Bertz CT molecular complexity index is 1120. The summed E-state index contributed by atoms with van der Waals surface area (Å²) in [4.78, 5) is 26.1. The highest BCUT2D eigenvalue weighted by Crippen LogP contribution is 2.57. The second-order valence-electron chi connectivity index (χ2n) is 13.4. The van der Waals surface area contributed by atoms with E-state index in [4.69, 9.17) is 23.7 Å². The van der Waals surface area contributed by atoms with Crippen LogP contribution < -0.4 is 0 Å². The molecule has 0 aromatic heterocycles. The summed E-state index contributed by atoms with van der Waals surface area (Å²) in [5.74, 6) is -5.11. The van der Waals surface area contributed by atoms with Crippen LogP contribution in [0.4, 0.5) is 0 Å². The third-order valence-electron chi connectivity index (χ3n) is 9.70. The molecule has 0 amide bonds. The van der Waals surface area contributed by atoms with E-state index in [9.17, 15) is 24.9 Å². The number of hydrogen-bond acceptors (Lipinski definition) is 10. The van der Waals surface area contributed by atoms with Crippen molar-refractivity contribution in [3.8, 4) is 5.75 Å². The highest BCUT2D eigenvalue weighted by atomic mass is 16.8. The maximum atomic E-state index is 13.1. The lowest BCUT2D eigenvalue weighted by molar-refractivity contribution is -0.452. The molecule has 0 radical (unpaired) electrons. The molecule has 0 aliphatic carbocycles. The minimum Gasteiger partial charge on any atom is -0.508 e. The van der Waals surface area contributed by atoms with E-state index in [2.05, 4.69) is 6.92 Å². The standard InChI is InChI=1S/C32H48O10/c1-18(11-12-24(38-7)22-9-8-10-23(34)13-22)29-20(3)26-16-32(41-29)30(5,6)15-19(2)31(37,42-32)17-28(36)39-25(21(4)33)14-27(35)40-26/h8-10,13,18-21,24-26,29,33-34,37H,11-12,14-17H2,1-7H3/t18-,19+,20+,21+,24-,25+,26-,29-,31-,32-/m0/s1. The van der Waals surface area contributed by atoms with Gasteiger partial charge in [0.25, 0.3) is 0 Å². The molecule has 10 heteroatoms. The van der Waals surface area contributed by atoms with Crippen LogP contribution in [-0.2, 0) is 33.3 Å². The number of methoxy groups -OCH3 is 1. The maximum absolute atomic E-state index is 13.1. The van der Waals surface area contributed by atoms with Crippen LogP contribution >= 0.6 is 0 Å². The fourth-order valence-electron chi connectivity index (χ4n) is 6.97. The number of phenols is 1.